The summed E-state index contributed by atoms with van der Waals surface area (Å²) in [5.74, 6) is 2.23. The number of rotatable bonds is 5. The molecule has 0 amide bonds. The number of nitrogens with zero attached hydrogens (tertiary/aromatic N) is 5. The predicted molar refractivity (Wildman–Crippen MR) is 112 cm³/mol. The number of thiophene rings is 1. The van der Waals surface area contributed by atoms with Crippen LogP contribution in [0.1, 0.15) is 39.4 Å². The van der Waals surface area contributed by atoms with Gasteiger partial charge in [0.05, 0.1) is 24.2 Å². The molecule has 0 aliphatic carbocycles. The number of anilines is 1. The molecular weight excluding hydrogens is 390 g/mol. The molecule has 1 fully saturated rings. The van der Waals surface area contributed by atoms with Crippen molar-refractivity contribution in [3.8, 4) is 0 Å². The highest BCUT2D eigenvalue weighted by molar-refractivity contribution is 7.20. The summed E-state index contributed by atoms with van der Waals surface area (Å²) in [4.78, 5) is 27.7. The number of aryl methyl sites for hydroxylation is 3. The first-order valence-corrected chi connectivity index (χ1v) is 10.6. The van der Waals surface area contributed by atoms with Crippen LogP contribution in [0.25, 0.3) is 10.2 Å². The lowest BCUT2D eigenvalue weighted by atomic mass is 10.1. The Bertz CT molecular complexity index is 1040. The van der Waals surface area contributed by atoms with Gasteiger partial charge in [-0.3, -0.25) is 4.90 Å². The molecule has 0 atom stereocenters. The molecule has 1 saturated heterocycles. The number of carbonyl (C=O) groups is 1. The van der Waals surface area contributed by atoms with Crippen LogP contribution in [0.5, 0.6) is 0 Å². The van der Waals surface area contributed by atoms with Gasteiger partial charge in [0.15, 0.2) is 5.76 Å². The lowest BCUT2D eigenvalue weighted by molar-refractivity contribution is 0.0531. The van der Waals surface area contributed by atoms with E-state index in [-0.39, 0.29) is 5.97 Å². The van der Waals surface area contributed by atoms with E-state index < -0.39 is 0 Å². The van der Waals surface area contributed by atoms with Gasteiger partial charge in [0, 0.05) is 32.2 Å². The fourth-order valence-electron chi connectivity index (χ4n) is 3.67. The zero-order chi connectivity index (χ0) is 20.5. The second-order valence-corrected chi connectivity index (χ2v) is 8.25. The van der Waals surface area contributed by atoms with Crippen molar-refractivity contribution in [2.24, 2.45) is 0 Å². The van der Waals surface area contributed by atoms with Crippen molar-refractivity contribution in [2.75, 3.05) is 37.7 Å². The lowest BCUT2D eigenvalue weighted by Crippen LogP contribution is -2.46. The Balaban J connectivity index is 1.57. The minimum Gasteiger partial charge on any atom is -0.462 e. The van der Waals surface area contributed by atoms with E-state index in [9.17, 15) is 4.79 Å². The molecule has 0 unspecified atom stereocenters. The third-order valence-corrected chi connectivity index (χ3v) is 6.24. The van der Waals surface area contributed by atoms with Gasteiger partial charge < -0.3 is 14.2 Å². The van der Waals surface area contributed by atoms with Gasteiger partial charge in [-0.05, 0) is 33.3 Å². The van der Waals surface area contributed by atoms with Crippen LogP contribution in [0, 0.1) is 20.8 Å². The van der Waals surface area contributed by atoms with Crippen molar-refractivity contribution in [1.82, 2.24) is 20.0 Å². The third-order valence-electron chi connectivity index (χ3n) is 5.07. The van der Waals surface area contributed by atoms with Crippen LogP contribution in [-0.2, 0) is 11.3 Å². The molecule has 1 aliphatic heterocycles. The quantitative estimate of drug-likeness (QED) is 0.588. The van der Waals surface area contributed by atoms with E-state index in [1.54, 1.807) is 0 Å². The van der Waals surface area contributed by atoms with Gasteiger partial charge in [-0.2, -0.15) is 0 Å². The third kappa shape index (κ3) is 3.97. The fraction of sp³-hybridized carbons (Fsp3) is 0.500. The Morgan fingerprint density at radius 3 is 2.62 bits per heavy atom. The smallest absolute Gasteiger partial charge is 0.348 e. The zero-order valence-electron chi connectivity index (χ0n) is 17.2. The van der Waals surface area contributed by atoms with Crippen molar-refractivity contribution in [2.45, 2.75) is 34.2 Å². The van der Waals surface area contributed by atoms with Crippen molar-refractivity contribution in [3.63, 3.8) is 0 Å². The Morgan fingerprint density at radius 2 is 1.97 bits per heavy atom. The van der Waals surface area contributed by atoms with Crippen LogP contribution in [-0.4, -0.2) is 58.8 Å². The van der Waals surface area contributed by atoms with Gasteiger partial charge in [-0.15, -0.1) is 11.3 Å². The second-order valence-electron chi connectivity index (χ2n) is 7.25. The van der Waals surface area contributed by atoms with Crippen molar-refractivity contribution >= 4 is 33.3 Å². The molecule has 29 heavy (non-hydrogen) atoms. The van der Waals surface area contributed by atoms with Crippen LogP contribution in [0.4, 0.5) is 5.82 Å². The second kappa shape index (κ2) is 8.08. The largest absolute Gasteiger partial charge is 0.462 e. The normalized spacial score (nSPS) is 15.2. The first-order chi connectivity index (χ1) is 14.0. The van der Waals surface area contributed by atoms with Crippen LogP contribution < -0.4 is 4.90 Å². The summed E-state index contributed by atoms with van der Waals surface area (Å²) in [5, 5.41) is 4.92. The Labute approximate surface area is 173 Å². The SMILES string of the molecule is CCOC(=O)c1sc2nc(C)nc(N3CCN(Cc4cc(C)no4)CC3)c2c1C. The number of hydrogen-bond acceptors (Lipinski definition) is 9. The summed E-state index contributed by atoms with van der Waals surface area (Å²) in [5.41, 5.74) is 1.81. The van der Waals surface area contributed by atoms with Crippen LogP contribution in [0.15, 0.2) is 10.6 Å². The fourth-order valence-corrected chi connectivity index (χ4v) is 4.79. The number of fused-ring (bicyclic) bond motifs is 1. The number of hydrogen-bond donors (Lipinski definition) is 0. The molecule has 0 aromatic carbocycles. The Kier molecular flexibility index (Phi) is 5.51. The van der Waals surface area contributed by atoms with E-state index >= 15 is 0 Å². The first kappa shape index (κ1) is 19.8. The predicted octanol–water partition coefficient (Wildman–Crippen LogP) is 3.10. The molecular formula is C20H25N5O3S. The average molecular weight is 416 g/mol. The van der Waals surface area contributed by atoms with Gasteiger partial charge in [0.1, 0.15) is 21.3 Å². The minimum atomic E-state index is -0.288. The van der Waals surface area contributed by atoms with Crippen molar-refractivity contribution < 1.29 is 14.1 Å². The van der Waals surface area contributed by atoms with E-state index in [0.717, 1.165) is 65.8 Å². The molecule has 0 radical (unpaired) electrons. The summed E-state index contributed by atoms with van der Waals surface area (Å²) in [6, 6.07) is 1.98. The maximum atomic E-state index is 12.3. The summed E-state index contributed by atoms with van der Waals surface area (Å²) in [6.45, 7) is 12.2. The molecule has 1 aliphatic rings. The van der Waals surface area contributed by atoms with Gasteiger partial charge in [0.25, 0.3) is 0 Å². The van der Waals surface area contributed by atoms with Gasteiger partial charge in [0.2, 0.25) is 0 Å². The van der Waals surface area contributed by atoms with Crippen LogP contribution >= 0.6 is 11.3 Å². The van der Waals surface area contributed by atoms with E-state index in [0.29, 0.717) is 17.3 Å². The molecule has 154 valence electrons. The summed E-state index contributed by atoms with van der Waals surface area (Å²) in [7, 11) is 0. The standard InChI is InChI=1S/C20H25N5O3S/c1-5-27-20(26)17-13(3)16-18(21-14(4)22-19(16)29-17)25-8-6-24(7-9-25)11-15-10-12(2)23-28-15/h10H,5-9,11H2,1-4H3. The molecule has 3 aromatic heterocycles. The van der Waals surface area contributed by atoms with E-state index in [2.05, 4.69) is 19.9 Å². The Morgan fingerprint density at radius 1 is 1.21 bits per heavy atom. The molecule has 0 spiro atoms. The maximum absolute atomic E-state index is 12.3. The molecule has 0 saturated carbocycles. The lowest BCUT2D eigenvalue weighted by Gasteiger charge is -2.35. The van der Waals surface area contributed by atoms with Gasteiger partial charge in [-0.25, -0.2) is 14.8 Å². The molecule has 4 heterocycles. The van der Waals surface area contributed by atoms with Crippen LogP contribution in [0.2, 0.25) is 0 Å². The highest BCUT2D eigenvalue weighted by atomic mass is 32.1. The number of aromatic nitrogens is 3. The number of piperazine rings is 1. The number of carbonyl (C=O) groups excluding carboxylic acids is 1. The molecule has 9 heteroatoms. The summed E-state index contributed by atoms with van der Waals surface area (Å²) < 4.78 is 10.6. The monoisotopic (exact) mass is 415 g/mol. The van der Waals surface area contributed by atoms with E-state index in [1.807, 2.05) is 33.8 Å². The average Bonchev–Trinajstić information content (AvgIpc) is 3.25. The highest BCUT2D eigenvalue weighted by Gasteiger charge is 2.26. The zero-order valence-corrected chi connectivity index (χ0v) is 18.0. The van der Waals surface area contributed by atoms with Crippen molar-refractivity contribution in [3.05, 3.63) is 33.8 Å². The topological polar surface area (TPSA) is 84.6 Å². The van der Waals surface area contributed by atoms with Crippen LogP contribution in [0.3, 0.4) is 0 Å². The van der Waals surface area contributed by atoms with Gasteiger partial charge >= 0.3 is 5.97 Å². The number of esters is 1. The minimum absolute atomic E-state index is 0.288. The molecule has 4 rings (SSSR count). The van der Waals surface area contributed by atoms with E-state index in [4.69, 9.17) is 14.2 Å². The summed E-state index contributed by atoms with van der Waals surface area (Å²) in [6.07, 6.45) is 0. The van der Waals surface area contributed by atoms with E-state index in [1.165, 1.54) is 11.3 Å². The molecule has 8 nitrogen and oxygen atoms in total. The first-order valence-electron chi connectivity index (χ1n) is 9.80. The highest BCUT2D eigenvalue weighted by Crippen LogP contribution is 2.36. The van der Waals surface area contributed by atoms with Gasteiger partial charge in [-0.1, -0.05) is 5.16 Å². The number of ether oxygens (including phenoxy) is 1. The maximum Gasteiger partial charge on any atom is 0.348 e. The molecule has 3 aromatic rings. The summed E-state index contributed by atoms with van der Waals surface area (Å²) >= 11 is 1.39. The molecule has 0 bridgehead atoms. The van der Waals surface area contributed by atoms with Crippen molar-refractivity contribution in [1.29, 1.82) is 0 Å². The Hall–Kier alpha value is -2.52. The molecule has 0 N–H and O–H groups in total.